The van der Waals surface area contributed by atoms with Gasteiger partial charge in [-0.2, -0.15) is 0 Å². The maximum absolute atomic E-state index is 12.3. The molecule has 2 aromatic carbocycles. The van der Waals surface area contributed by atoms with Crippen molar-refractivity contribution in [3.05, 3.63) is 52.9 Å². The van der Waals surface area contributed by atoms with Gasteiger partial charge < -0.3 is 14.2 Å². The van der Waals surface area contributed by atoms with Crippen LogP contribution in [0.4, 0.5) is 5.13 Å². The van der Waals surface area contributed by atoms with Gasteiger partial charge in [-0.1, -0.05) is 18.2 Å². The minimum absolute atomic E-state index is 0.0769. The number of thiazole rings is 1. The molecule has 1 N–H and O–H groups in total. The van der Waals surface area contributed by atoms with Crippen molar-refractivity contribution in [3.63, 3.8) is 0 Å². The van der Waals surface area contributed by atoms with Crippen LogP contribution in [-0.4, -0.2) is 31.7 Å². The maximum atomic E-state index is 12.3. The normalized spacial score (nSPS) is 10.4. The first-order chi connectivity index (χ1) is 13.5. The molecule has 1 heterocycles. The van der Waals surface area contributed by atoms with E-state index in [2.05, 4.69) is 10.3 Å². The minimum atomic E-state index is -0.259. The average Bonchev–Trinajstić information content (AvgIpc) is 3.15. The van der Waals surface area contributed by atoms with Crippen molar-refractivity contribution in [1.29, 1.82) is 0 Å². The van der Waals surface area contributed by atoms with Gasteiger partial charge in [-0.05, 0) is 37.1 Å². The van der Waals surface area contributed by atoms with E-state index >= 15 is 0 Å². The number of methoxy groups -OCH3 is 2. The Morgan fingerprint density at radius 3 is 2.54 bits per heavy atom. The number of benzene rings is 2. The van der Waals surface area contributed by atoms with Gasteiger partial charge in [-0.3, -0.25) is 10.1 Å². The van der Waals surface area contributed by atoms with Crippen LogP contribution < -0.4 is 19.5 Å². The lowest BCUT2D eigenvalue weighted by Crippen LogP contribution is -2.20. The Bertz CT molecular complexity index is 964. The van der Waals surface area contributed by atoms with Gasteiger partial charge in [0.05, 0.1) is 19.9 Å². The standard InChI is InChI=1S/C21H22N2O4S/c1-13-6-5-7-14(2)20(13)27-11-19(24)23-21-22-17(12-28-21)16-9-8-15(25-3)10-18(16)26-4/h5-10,12H,11H2,1-4H3,(H,22,23,24). The molecular formula is C21H22N2O4S. The lowest BCUT2D eigenvalue weighted by molar-refractivity contribution is -0.118. The number of para-hydroxylation sites is 1. The van der Waals surface area contributed by atoms with Crippen LogP contribution in [0.3, 0.4) is 0 Å². The summed E-state index contributed by atoms with van der Waals surface area (Å²) in [6, 6.07) is 11.4. The summed E-state index contributed by atoms with van der Waals surface area (Å²) in [7, 11) is 3.20. The molecule has 0 aliphatic rings. The van der Waals surface area contributed by atoms with E-state index in [1.807, 2.05) is 49.6 Å². The molecule has 0 saturated heterocycles. The number of amides is 1. The maximum Gasteiger partial charge on any atom is 0.264 e. The van der Waals surface area contributed by atoms with Crippen LogP contribution in [0, 0.1) is 13.8 Å². The third-order valence-corrected chi connectivity index (χ3v) is 4.95. The fourth-order valence-corrected chi connectivity index (χ4v) is 3.51. The van der Waals surface area contributed by atoms with E-state index in [0.29, 0.717) is 16.6 Å². The Kier molecular flexibility index (Phi) is 6.16. The summed E-state index contributed by atoms with van der Waals surface area (Å²) in [5.41, 5.74) is 3.54. The number of anilines is 1. The van der Waals surface area contributed by atoms with E-state index < -0.39 is 0 Å². The summed E-state index contributed by atoms with van der Waals surface area (Å²) >= 11 is 1.34. The highest BCUT2D eigenvalue weighted by Crippen LogP contribution is 2.34. The molecule has 3 rings (SSSR count). The Hall–Kier alpha value is -3.06. The Balaban J connectivity index is 1.67. The van der Waals surface area contributed by atoms with Crippen LogP contribution in [0.5, 0.6) is 17.2 Å². The summed E-state index contributed by atoms with van der Waals surface area (Å²) in [5, 5.41) is 5.15. The Morgan fingerprint density at radius 1 is 1.11 bits per heavy atom. The highest BCUT2D eigenvalue weighted by atomic mass is 32.1. The molecule has 3 aromatic rings. The second kappa shape index (κ2) is 8.75. The highest BCUT2D eigenvalue weighted by Gasteiger charge is 2.13. The molecular weight excluding hydrogens is 376 g/mol. The molecule has 0 aliphatic heterocycles. The van der Waals surface area contributed by atoms with Crippen LogP contribution in [-0.2, 0) is 4.79 Å². The molecule has 0 radical (unpaired) electrons. The van der Waals surface area contributed by atoms with Crippen molar-refractivity contribution < 1.29 is 19.0 Å². The molecule has 28 heavy (non-hydrogen) atoms. The molecule has 0 fully saturated rings. The van der Waals surface area contributed by atoms with Crippen LogP contribution >= 0.6 is 11.3 Å². The molecule has 0 unspecified atom stereocenters. The Morgan fingerprint density at radius 2 is 1.86 bits per heavy atom. The van der Waals surface area contributed by atoms with E-state index in [1.54, 1.807) is 20.3 Å². The van der Waals surface area contributed by atoms with E-state index in [0.717, 1.165) is 28.1 Å². The first-order valence-corrected chi connectivity index (χ1v) is 9.56. The quantitative estimate of drug-likeness (QED) is 0.636. The van der Waals surface area contributed by atoms with Crippen LogP contribution in [0.15, 0.2) is 41.8 Å². The summed E-state index contributed by atoms with van der Waals surface area (Å²) < 4.78 is 16.3. The largest absolute Gasteiger partial charge is 0.497 e. The predicted octanol–water partition coefficient (Wildman–Crippen LogP) is 4.46. The zero-order chi connectivity index (χ0) is 20.1. The summed E-state index contributed by atoms with van der Waals surface area (Å²) in [6.45, 7) is 3.83. The molecule has 0 saturated carbocycles. The minimum Gasteiger partial charge on any atom is -0.497 e. The molecule has 0 aliphatic carbocycles. The van der Waals surface area contributed by atoms with E-state index in [4.69, 9.17) is 14.2 Å². The van der Waals surface area contributed by atoms with Gasteiger partial charge in [-0.25, -0.2) is 4.98 Å². The van der Waals surface area contributed by atoms with Crippen molar-refractivity contribution in [1.82, 2.24) is 4.98 Å². The van der Waals surface area contributed by atoms with Crippen molar-refractivity contribution in [2.45, 2.75) is 13.8 Å². The highest BCUT2D eigenvalue weighted by molar-refractivity contribution is 7.14. The van der Waals surface area contributed by atoms with E-state index in [-0.39, 0.29) is 12.5 Å². The predicted molar refractivity (Wildman–Crippen MR) is 111 cm³/mol. The number of nitrogens with zero attached hydrogens (tertiary/aromatic N) is 1. The van der Waals surface area contributed by atoms with Crippen molar-refractivity contribution in [2.75, 3.05) is 26.1 Å². The second-order valence-corrected chi connectivity index (χ2v) is 7.02. The molecule has 7 heteroatoms. The molecule has 0 spiro atoms. The van der Waals surface area contributed by atoms with Gasteiger partial charge in [0.2, 0.25) is 0 Å². The number of aryl methyl sites for hydroxylation is 2. The number of aromatic nitrogens is 1. The number of carbonyl (C=O) groups excluding carboxylic acids is 1. The van der Waals surface area contributed by atoms with Crippen LogP contribution in [0.1, 0.15) is 11.1 Å². The second-order valence-electron chi connectivity index (χ2n) is 6.16. The molecule has 6 nitrogen and oxygen atoms in total. The topological polar surface area (TPSA) is 69.7 Å². The van der Waals surface area contributed by atoms with E-state index in [1.165, 1.54) is 11.3 Å². The van der Waals surface area contributed by atoms with Crippen LogP contribution in [0.2, 0.25) is 0 Å². The SMILES string of the molecule is COc1ccc(-c2csc(NC(=O)COc3c(C)cccc3C)n2)c(OC)c1. The van der Waals surface area contributed by atoms with Gasteiger partial charge in [0.25, 0.3) is 5.91 Å². The van der Waals surface area contributed by atoms with Crippen molar-refractivity contribution in [2.24, 2.45) is 0 Å². The van der Waals surface area contributed by atoms with Crippen molar-refractivity contribution >= 4 is 22.4 Å². The molecule has 146 valence electrons. The zero-order valence-electron chi connectivity index (χ0n) is 16.2. The first-order valence-electron chi connectivity index (χ1n) is 8.68. The first kappa shape index (κ1) is 19.7. The number of ether oxygens (including phenoxy) is 3. The summed E-state index contributed by atoms with van der Waals surface area (Å²) in [6.07, 6.45) is 0. The molecule has 1 aromatic heterocycles. The van der Waals surface area contributed by atoms with Crippen molar-refractivity contribution in [3.8, 4) is 28.5 Å². The van der Waals surface area contributed by atoms with Gasteiger partial charge in [0.15, 0.2) is 11.7 Å². The number of rotatable bonds is 7. The third-order valence-electron chi connectivity index (χ3n) is 4.19. The Labute approximate surface area is 168 Å². The smallest absolute Gasteiger partial charge is 0.264 e. The number of hydrogen-bond acceptors (Lipinski definition) is 6. The van der Waals surface area contributed by atoms with Gasteiger partial charge in [0.1, 0.15) is 17.2 Å². The number of nitrogens with one attached hydrogen (secondary N) is 1. The summed E-state index contributed by atoms with van der Waals surface area (Å²) in [5.74, 6) is 1.83. The average molecular weight is 398 g/mol. The fourth-order valence-electron chi connectivity index (χ4n) is 2.78. The molecule has 0 atom stereocenters. The van der Waals surface area contributed by atoms with E-state index in [9.17, 15) is 4.79 Å². The van der Waals surface area contributed by atoms with Gasteiger partial charge in [-0.15, -0.1) is 11.3 Å². The number of carbonyl (C=O) groups is 1. The molecule has 1 amide bonds. The molecule has 0 bridgehead atoms. The summed E-state index contributed by atoms with van der Waals surface area (Å²) in [4.78, 5) is 16.7. The van der Waals surface area contributed by atoms with Gasteiger partial charge >= 0.3 is 0 Å². The lowest BCUT2D eigenvalue weighted by Gasteiger charge is -2.11. The lowest BCUT2D eigenvalue weighted by atomic mass is 10.1. The van der Waals surface area contributed by atoms with Gasteiger partial charge in [0, 0.05) is 17.0 Å². The number of hydrogen-bond donors (Lipinski definition) is 1. The zero-order valence-corrected chi connectivity index (χ0v) is 17.1. The fraction of sp³-hybridized carbons (Fsp3) is 0.238. The monoisotopic (exact) mass is 398 g/mol. The third kappa shape index (κ3) is 4.43. The van der Waals surface area contributed by atoms with Crippen LogP contribution in [0.25, 0.3) is 11.3 Å².